The Bertz CT molecular complexity index is 562. The van der Waals surface area contributed by atoms with Gasteiger partial charge in [0.25, 0.3) is 0 Å². The third kappa shape index (κ3) is 3.71. The molecular weight excluding hydrogens is 262 g/mol. The summed E-state index contributed by atoms with van der Waals surface area (Å²) in [5.41, 5.74) is 0.546. The van der Waals surface area contributed by atoms with Crippen molar-refractivity contribution in [1.29, 1.82) is 0 Å². The molecule has 0 bridgehead atoms. The molecule has 2 aromatic rings. The summed E-state index contributed by atoms with van der Waals surface area (Å²) >= 11 is 0. The monoisotopic (exact) mass is 276 g/mol. The molecule has 4 heteroatoms. The molecule has 2 nitrogen and oxygen atoms in total. The number of ether oxygens (including phenoxy) is 1. The van der Waals surface area contributed by atoms with Crippen molar-refractivity contribution >= 4 is 5.78 Å². The van der Waals surface area contributed by atoms with Crippen LogP contribution >= 0.6 is 0 Å². The lowest BCUT2D eigenvalue weighted by Crippen LogP contribution is -2.14. The SMILES string of the molecule is O=C(COCCc1ccccc1)c1c(F)cccc1F. The molecule has 0 aliphatic rings. The number of halogens is 2. The average molecular weight is 276 g/mol. The van der Waals surface area contributed by atoms with Gasteiger partial charge in [0.15, 0.2) is 5.78 Å². The van der Waals surface area contributed by atoms with E-state index in [1.807, 2.05) is 30.3 Å². The lowest BCUT2D eigenvalue weighted by Gasteiger charge is -2.06. The Kier molecular flexibility index (Phi) is 4.96. The van der Waals surface area contributed by atoms with E-state index in [4.69, 9.17) is 4.74 Å². The summed E-state index contributed by atoms with van der Waals surface area (Å²) in [5.74, 6) is -2.41. The molecule has 2 rings (SSSR count). The van der Waals surface area contributed by atoms with Gasteiger partial charge in [-0.1, -0.05) is 36.4 Å². The highest BCUT2D eigenvalue weighted by Gasteiger charge is 2.16. The summed E-state index contributed by atoms with van der Waals surface area (Å²) in [7, 11) is 0. The second kappa shape index (κ2) is 6.91. The highest BCUT2D eigenvalue weighted by atomic mass is 19.1. The zero-order valence-corrected chi connectivity index (χ0v) is 10.8. The van der Waals surface area contributed by atoms with Crippen LogP contribution in [0, 0.1) is 11.6 Å². The van der Waals surface area contributed by atoms with E-state index in [1.54, 1.807) is 0 Å². The van der Waals surface area contributed by atoms with E-state index < -0.39 is 23.0 Å². The summed E-state index contributed by atoms with van der Waals surface area (Å²) < 4.78 is 31.9. The lowest BCUT2D eigenvalue weighted by atomic mass is 10.1. The second-order valence-corrected chi connectivity index (χ2v) is 4.31. The average Bonchev–Trinajstić information content (AvgIpc) is 2.44. The molecule has 0 aliphatic heterocycles. The van der Waals surface area contributed by atoms with Crippen molar-refractivity contribution < 1.29 is 18.3 Å². The topological polar surface area (TPSA) is 26.3 Å². The molecule has 0 aromatic heterocycles. The van der Waals surface area contributed by atoms with Crippen LogP contribution in [0.5, 0.6) is 0 Å². The molecule has 0 saturated heterocycles. The minimum atomic E-state index is -0.860. The number of hydrogen-bond donors (Lipinski definition) is 0. The van der Waals surface area contributed by atoms with Gasteiger partial charge in [0.1, 0.15) is 18.2 Å². The van der Waals surface area contributed by atoms with E-state index in [1.165, 1.54) is 6.07 Å². The summed E-state index contributed by atoms with van der Waals surface area (Å²) in [6, 6.07) is 13.0. The zero-order chi connectivity index (χ0) is 14.4. The minimum Gasteiger partial charge on any atom is -0.373 e. The number of hydrogen-bond acceptors (Lipinski definition) is 2. The molecule has 0 radical (unpaired) electrons. The predicted molar refractivity (Wildman–Crippen MR) is 71.7 cm³/mol. The van der Waals surface area contributed by atoms with Crippen LogP contribution in [0.3, 0.4) is 0 Å². The summed E-state index contributed by atoms with van der Waals surface area (Å²) in [6.45, 7) is -0.00346. The molecule has 0 spiro atoms. The first-order chi connectivity index (χ1) is 9.68. The van der Waals surface area contributed by atoms with Gasteiger partial charge in [0, 0.05) is 0 Å². The maximum Gasteiger partial charge on any atom is 0.194 e. The number of Topliss-reactive ketones (excluding diaryl/α,β-unsaturated/α-hetero) is 1. The molecule has 0 fully saturated rings. The van der Waals surface area contributed by atoms with Gasteiger partial charge >= 0.3 is 0 Å². The van der Waals surface area contributed by atoms with Gasteiger partial charge in [0.05, 0.1) is 12.2 Å². The number of rotatable bonds is 6. The summed E-state index contributed by atoms with van der Waals surface area (Å²) in [5, 5.41) is 0. The Hall–Kier alpha value is -2.07. The van der Waals surface area contributed by atoms with Gasteiger partial charge in [-0.2, -0.15) is 0 Å². The van der Waals surface area contributed by atoms with E-state index in [0.717, 1.165) is 17.7 Å². The van der Waals surface area contributed by atoms with E-state index in [0.29, 0.717) is 13.0 Å². The number of benzene rings is 2. The van der Waals surface area contributed by atoms with Crippen LogP contribution in [0.1, 0.15) is 15.9 Å². The first-order valence-corrected chi connectivity index (χ1v) is 6.27. The molecule has 0 atom stereocenters. The van der Waals surface area contributed by atoms with Crippen LogP contribution in [0.4, 0.5) is 8.78 Å². The van der Waals surface area contributed by atoms with Gasteiger partial charge in [0.2, 0.25) is 0 Å². The highest BCUT2D eigenvalue weighted by Crippen LogP contribution is 2.12. The zero-order valence-electron chi connectivity index (χ0n) is 10.8. The van der Waals surface area contributed by atoms with Gasteiger partial charge < -0.3 is 4.74 Å². The number of carbonyl (C=O) groups excluding carboxylic acids is 1. The third-order valence-electron chi connectivity index (χ3n) is 2.85. The standard InChI is InChI=1S/C16H14F2O2/c17-13-7-4-8-14(18)16(13)15(19)11-20-10-9-12-5-2-1-3-6-12/h1-8H,9-11H2. The molecule has 0 heterocycles. The second-order valence-electron chi connectivity index (χ2n) is 4.31. The predicted octanol–water partition coefficient (Wildman–Crippen LogP) is 3.41. The Labute approximate surface area is 116 Å². The summed E-state index contributed by atoms with van der Waals surface area (Å²) in [6.07, 6.45) is 0.647. The fraction of sp³-hybridized carbons (Fsp3) is 0.188. The third-order valence-corrected chi connectivity index (χ3v) is 2.85. The van der Waals surface area contributed by atoms with E-state index in [-0.39, 0.29) is 6.61 Å². The van der Waals surface area contributed by atoms with Crippen molar-refractivity contribution in [3.63, 3.8) is 0 Å². The fourth-order valence-corrected chi connectivity index (χ4v) is 1.84. The van der Waals surface area contributed by atoms with Crippen molar-refractivity contribution in [1.82, 2.24) is 0 Å². The maximum atomic E-state index is 13.4. The Balaban J connectivity index is 1.84. The van der Waals surface area contributed by atoms with Crippen molar-refractivity contribution in [2.75, 3.05) is 13.2 Å². The number of carbonyl (C=O) groups is 1. The van der Waals surface area contributed by atoms with Gasteiger partial charge in [-0.25, -0.2) is 8.78 Å². The molecule has 20 heavy (non-hydrogen) atoms. The van der Waals surface area contributed by atoms with Crippen molar-refractivity contribution in [3.05, 3.63) is 71.3 Å². The van der Waals surface area contributed by atoms with Crippen LogP contribution in [0.2, 0.25) is 0 Å². The van der Waals surface area contributed by atoms with E-state index >= 15 is 0 Å². The first-order valence-electron chi connectivity index (χ1n) is 6.27. The van der Waals surface area contributed by atoms with Crippen LogP contribution < -0.4 is 0 Å². The van der Waals surface area contributed by atoms with Crippen LogP contribution in [0.15, 0.2) is 48.5 Å². The molecule has 0 aliphatic carbocycles. The normalized spacial score (nSPS) is 10.5. The Morgan fingerprint density at radius 1 is 0.950 bits per heavy atom. The van der Waals surface area contributed by atoms with Crippen molar-refractivity contribution in [3.8, 4) is 0 Å². The van der Waals surface area contributed by atoms with Crippen molar-refractivity contribution in [2.24, 2.45) is 0 Å². The molecule has 2 aromatic carbocycles. The van der Waals surface area contributed by atoms with E-state index in [2.05, 4.69) is 0 Å². The minimum absolute atomic E-state index is 0.325. The molecule has 104 valence electrons. The quantitative estimate of drug-likeness (QED) is 0.597. The molecule has 0 unspecified atom stereocenters. The lowest BCUT2D eigenvalue weighted by molar-refractivity contribution is 0.0757. The smallest absolute Gasteiger partial charge is 0.194 e. The van der Waals surface area contributed by atoms with Crippen LogP contribution in [-0.4, -0.2) is 19.0 Å². The largest absolute Gasteiger partial charge is 0.373 e. The van der Waals surface area contributed by atoms with Gasteiger partial charge in [-0.05, 0) is 24.1 Å². The van der Waals surface area contributed by atoms with Crippen LogP contribution in [0.25, 0.3) is 0 Å². The molecule has 0 amide bonds. The van der Waals surface area contributed by atoms with E-state index in [9.17, 15) is 13.6 Å². The van der Waals surface area contributed by atoms with Gasteiger partial charge in [-0.15, -0.1) is 0 Å². The molecular formula is C16H14F2O2. The van der Waals surface area contributed by atoms with Crippen molar-refractivity contribution in [2.45, 2.75) is 6.42 Å². The molecule has 0 saturated carbocycles. The van der Waals surface area contributed by atoms with Gasteiger partial charge in [-0.3, -0.25) is 4.79 Å². The Morgan fingerprint density at radius 2 is 1.60 bits per heavy atom. The highest BCUT2D eigenvalue weighted by molar-refractivity contribution is 5.97. The number of ketones is 1. The summed E-state index contributed by atoms with van der Waals surface area (Å²) in [4.78, 5) is 11.7. The fourth-order valence-electron chi connectivity index (χ4n) is 1.84. The maximum absolute atomic E-state index is 13.4. The first kappa shape index (κ1) is 14.3. The molecule has 0 N–H and O–H groups in total. The Morgan fingerprint density at radius 3 is 2.25 bits per heavy atom. The van der Waals surface area contributed by atoms with Crippen LogP contribution in [-0.2, 0) is 11.2 Å².